The van der Waals surface area contributed by atoms with Gasteiger partial charge >= 0.3 is 0 Å². The molecule has 0 aromatic rings. The normalized spacial score (nSPS) is 13.8. The molecule has 4 heteroatoms. The lowest BCUT2D eigenvalue weighted by Crippen LogP contribution is -2.04. The molecule has 0 rings (SSSR count). The molecule has 0 heterocycles. The molecule has 0 spiro atoms. The zero-order valence-corrected chi connectivity index (χ0v) is 11.3. The second kappa shape index (κ2) is 10.5. The van der Waals surface area contributed by atoms with Gasteiger partial charge in [0.1, 0.15) is 0 Å². The number of aliphatic hydroxyl groups excluding tert-OH is 1. The van der Waals surface area contributed by atoms with Crippen LogP contribution in [0.4, 0.5) is 0 Å². The topological polar surface area (TPSA) is 61.7 Å². The number of carbonyl (C=O) groups excluding carboxylic acids is 1. The first-order valence-corrected chi connectivity index (χ1v) is 5.95. The Morgan fingerprint density at radius 1 is 1.39 bits per heavy atom. The van der Waals surface area contributed by atoms with E-state index in [9.17, 15) is 4.79 Å². The number of amides is 1. The largest absolute Gasteiger partial charge is 0.392 e. The lowest BCUT2D eigenvalue weighted by Gasteiger charge is -2.04. The molecule has 18 heavy (non-hydrogen) atoms. The van der Waals surface area contributed by atoms with E-state index in [-0.39, 0.29) is 6.61 Å². The Kier molecular flexibility index (Phi) is 9.50. The molecule has 1 amide bonds. The zero-order chi connectivity index (χ0) is 13.8. The number of nitrogens with one attached hydrogen (secondary N) is 1. The molecule has 0 saturated heterocycles. The Morgan fingerprint density at radius 3 is 2.61 bits per heavy atom. The van der Waals surface area contributed by atoms with Gasteiger partial charge in [-0.25, -0.2) is 0 Å². The summed E-state index contributed by atoms with van der Waals surface area (Å²) < 4.78 is 0. The van der Waals surface area contributed by atoms with Crippen molar-refractivity contribution in [2.24, 2.45) is 10.9 Å². The Hall–Kier alpha value is -1.68. The maximum atomic E-state index is 10.3. The summed E-state index contributed by atoms with van der Waals surface area (Å²) in [6.07, 6.45) is 10.4. The lowest BCUT2D eigenvalue weighted by molar-refractivity contribution is -0.108. The fourth-order valence-electron chi connectivity index (χ4n) is 1.31. The predicted octanol–water partition coefficient (Wildman–Crippen LogP) is 1.84. The Balaban J connectivity index is 4.98. The monoisotopic (exact) mass is 250 g/mol. The highest BCUT2D eigenvalue weighted by molar-refractivity contribution is 5.86. The number of aliphatic imine (C=N–C) groups is 1. The molecule has 0 atom stereocenters. The average Bonchev–Trinajstić information content (AvgIpc) is 2.33. The second-order valence-corrected chi connectivity index (χ2v) is 4.15. The van der Waals surface area contributed by atoms with Crippen LogP contribution in [0.25, 0.3) is 0 Å². The van der Waals surface area contributed by atoms with E-state index >= 15 is 0 Å². The van der Waals surface area contributed by atoms with Gasteiger partial charge in [0.25, 0.3) is 0 Å². The maximum absolute atomic E-state index is 10.3. The number of hydrogen-bond acceptors (Lipinski definition) is 3. The van der Waals surface area contributed by atoms with E-state index < -0.39 is 0 Å². The van der Waals surface area contributed by atoms with E-state index in [1.165, 1.54) is 0 Å². The van der Waals surface area contributed by atoms with E-state index in [2.05, 4.69) is 24.2 Å². The summed E-state index contributed by atoms with van der Waals surface area (Å²) in [7, 11) is 1.66. The van der Waals surface area contributed by atoms with Gasteiger partial charge in [-0.05, 0) is 17.9 Å². The van der Waals surface area contributed by atoms with Crippen molar-refractivity contribution < 1.29 is 9.90 Å². The minimum absolute atomic E-state index is 0.0582. The Labute approximate surface area is 109 Å². The number of hydrogen-bond donors (Lipinski definition) is 2. The van der Waals surface area contributed by atoms with Crippen LogP contribution in [0.1, 0.15) is 20.3 Å². The van der Waals surface area contributed by atoms with Crippen LogP contribution < -0.4 is 5.32 Å². The van der Waals surface area contributed by atoms with E-state index in [1.54, 1.807) is 25.5 Å². The number of rotatable bonds is 8. The molecule has 4 nitrogen and oxygen atoms in total. The van der Waals surface area contributed by atoms with E-state index in [4.69, 9.17) is 5.11 Å². The van der Waals surface area contributed by atoms with Crippen LogP contribution in [0, 0.1) is 5.92 Å². The van der Waals surface area contributed by atoms with Crippen LogP contribution in [-0.2, 0) is 4.79 Å². The third kappa shape index (κ3) is 7.57. The van der Waals surface area contributed by atoms with Crippen molar-refractivity contribution in [1.29, 1.82) is 0 Å². The molecule has 0 aliphatic heterocycles. The van der Waals surface area contributed by atoms with Crippen LogP contribution in [0.2, 0.25) is 0 Å². The first kappa shape index (κ1) is 16.3. The minimum atomic E-state index is -0.0582. The summed E-state index contributed by atoms with van der Waals surface area (Å²) >= 11 is 0. The minimum Gasteiger partial charge on any atom is -0.392 e. The van der Waals surface area contributed by atoms with Crippen molar-refractivity contribution in [3.63, 3.8) is 0 Å². The van der Waals surface area contributed by atoms with Crippen molar-refractivity contribution >= 4 is 12.6 Å². The van der Waals surface area contributed by atoms with Crippen LogP contribution in [0.15, 0.2) is 40.6 Å². The number of carbonyl (C=O) groups is 1. The van der Waals surface area contributed by atoms with Crippen LogP contribution in [0.5, 0.6) is 0 Å². The zero-order valence-electron chi connectivity index (χ0n) is 11.3. The highest BCUT2D eigenvalue weighted by Crippen LogP contribution is 2.11. The molecule has 0 aromatic carbocycles. The third-order valence-corrected chi connectivity index (χ3v) is 2.12. The van der Waals surface area contributed by atoms with Gasteiger partial charge in [0.05, 0.1) is 6.61 Å². The van der Waals surface area contributed by atoms with Crippen molar-refractivity contribution in [3.8, 4) is 0 Å². The SMILES string of the molecule is CN=CC(=CNC=O)C(/C=C\CC(C)C)=C/CO. The molecule has 100 valence electrons. The van der Waals surface area contributed by atoms with Crippen molar-refractivity contribution in [2.75, 3.05) is 13.7 Å². The molecule has 0 aliphatic rings. The molecule has 0 fully saturated rings. The predicted molar refractivity (Wildman–Crippen MR) is 75.5 cm³/mol. The smallest absolute Gasteiger partial charge is 0.211 e. The molecule has 2 N–H and O–H groups in total. The van der Waals surface area contributed by atoms with Gasteiger partial charge in [-0.3, -0.25) is 9.79 Å². The fraction of sp³-hybridized carbons (Fsp3) is 0.429. The highest BCUT2D eigenvalue weighted by atomic mass is 16.2. The summed E-state index contributed by atoms with van der Waals surface area (Å²) in [5.74, 6) is 0.581. The van der Waals surface area contributed by atoms with Gasteiger partial charge in [-0.1, -0.05) is 32.1 Å². The summed E-state index contributed by atoms with van der Waals surface area (Å²) in [4.78, 5) is 14.2. The summed E-state index contributed by atoms with van der Waals surface area (Å²) in [5.41, 5.74) is 1.58. The lowest BCUT2D eigenvalue weighted by atomic mass is 10.0. The first-order chi connectivity index (χ1) is 8.65. The van der Waals surface area contributed by atoms with E-state index in [0.29, 0.717) is 12.3 Å². The molecular weight excluding hydrogens is 228 g/mol. The van der Waals surface area contributed by atoms with Gasteiger partial charge in [-0.2, -0.15) is 0 Å². The Morgan fingerprint density at radius 2 is 2.11 bits per heavy atom. The molecule has 0 bridgehead atoms. The molecule has 0 aromatic heterocycles. The summed E-state index contributed by atoms with van der Waals surface area (Å²) in [5, 5.41) is 11.5. The summed E-state index contributed by atoms with van der Waals surface area (Å²) in [6.45, 7) is 4.22. The average molecular weight is 250 g/mol. The fourth-order valence-corrected chi connectivity index (χ4v) is 1.31. The van der Waals surface area contributed by atoms with Gasteiger partial charge in [0.2, 0.25) is 6.41 Å². The van der Waals surface area contributed by atoms with Gasteiger partial charge < -0.3 is 10.4 Å². The van der Waals surface area contributed by atoms with Crippen LogP contribution in [0.3, 0.4) is 0 Å². The van der Waals surface area contributed by atoms with Crippen LogP contribution in [-0.4, -0.2) is 31.4 Å². The molecule has 0 radical (unpaired) electrons. The van der Waals surface area contributed by atoms with Crippen molar-refractivity contribution in [1.82, 2.24) is 5.32 Å². The van der Waals surface area contributed by atoms with E-state index in [0.717, 1.165) is 17.6 Å². The molecule has 0 unspecified atom stereocenters. The maximum Gasteiger partial charge on any atom is 0.211 e. The van der Waals surface area contributed by atoms with Crippen molar-refractivity contribution in [2.45, 2.75) is 20.3 Å². The van der Waals surface area contributed by atoms with Crippen LogP contribution >= 0.6 is 0 Å². The first-order valence-electron chi connectivity index (χ1n) is 5.95. The Bertz CT molecular complexity index is 353. The second-order valence-electron chi connectivity index (χ2n) is 4.15. The molecular formula is C14H22N2O2. The quantitative estimate of drug-likeness (QED) is 0.392. The summed E-state index contributed by atoms with van der Waals surface area (Å²) in [6, 6.07) is 0. The number of aliphatic hydroxyl groups is 1. The molecule has 0 saturated carbocycles. The number of allylic oxidation sites excluding steroid dienone is 4. The van der Waals surface area contributed by atoms with Crippen molar-refractivity contribution in [3.05, 3.63) is 35.6 Å². The highest BCUT2D eigenvalue weighted by Gasteiger charge is 1.99. The van der Waals surface area contributed by atoms with Gasteiger partial charge in [0.15, 0.2) is 0 Å². The van der Waals surface area contributed by atoms with E-state index in [1.807, 2.05) is 12.2 Å². The third-order valence-electron chi connectivity index (χ3n) is 2.12. The number of nitrogens with zero attached hydrogens (tertiary/aromatic N) is 1. The van der Waals surface area contributed by atoms with Gasteiger partial charge in [0, 0.05) is 25.0 Å². The molecule has 0 aliphatic carbocycles. The van der Waals surface area contributed by atoms with Gasteiger partial charge in [-0.15, -0.1) is 0 Å². The standard InChI is InChI=1S/C14H22N2O2/c1-12(2)5-4-6-13(7-8-17)14(9-15-3)10-16-11-18/h4,6-7,9-12,17H,5,8H2,1-3H3,(H,16,18)/b6-4-,13-7+,14-10?,15-9?.